The molecule has 2 atom stereocenters. The number of para-hydroxylation sites is 2. The number of aliphatic imine (C=N–C) groups is 1. The second-order valence-corrected chi connectivity index (χ2v) is 11.4. The number of nitrogens with one attached hydrogen (secondary N) is 2. The summed E-state index contributed by atoms with van der Waals surface area (Å²) >= 11 is 0. The van der Waals surface area contributed by atoms with E-state index in [9.17, 15) is 26.4 Å². The summed E-state index contributed by atoms with van der Waals surface area (Å²) in [6, 6.07) is 18.9. The number of sulfonamides is 1. The number of halogens is 3. The lowest BCUT2D eigenvalue weighted by molar-refractivity contribution is -0.137. The van der Waals surface area contributed by atoms with Gasteiger partial charge in [-0.3, -0.25) is 9.79 Å². The number of hydrogen-bond acceptors (Lipinski definition) is 5. The topological polar surface area (TPSA) is 90.9 Å². The van der Waals surface area contributed by atoms with Crippen LogP contribution in [0.4, 0.5) is 24.5 Å². The van der Waals surface area contributed by atoms with Crippen molar-refractivity contribution < 1.29 is 26.4 Å². The highest BCUT2D eigenvalue weighted by Crippen LogP contribution is 2.32. The molecule has 1 saturated heterocycles. The fourth-order valence-corrected chi connectivity index (χ4v) is 6.38. The minimum absolute atomic E-state index is 0.0314. The Morgan fingerprint density at radius 1 is 1.05 bits per heavy atom. The van der Waals surface area contributed by atoms with Crippen molar-refractivity contribution in [1.82, 2.24) is 9.62 Å². The van der Waals surface area contributed by atoms with Gasteiger partial charge in [-0.25, -0.2) is 8.42 Å². The Balaban J connectivity index is 1.60. The number of anilines is 1. The third-order valence-corrected chi connectivity index (χ3v) is 8.62. The summed E-state index contributed by atoms with van der Waals surface area (Å²) < 4.78 is 67.8. The number of nitrogens with zero attached hydrogens (tertiary/aromatic N) is 2. The minimum Gasteiger partial charge on any atom is -0.386 e. The SMILES string of the molecule is CNc1ccccc1N=C[C@H](Cc1ccccc1)NC(=O)[C@@H]1CCCCN1S(=O)(=O)c1cccc(C(F)(F)F)c1. The van der Waals surface area contributed by atoms with Gasteiger partial charge in [0.15, 0.2) is 0 Å². The van der Waals surface area contributed by atoms with Crippen LogP contribution in [0.2, 0.25) is 0 Å². The summed E-state index contributed by atoms with van der Waals surface area (Å²) in [6.07, 6.45) is -1.31. The Hall–Kier alpha value is -3.70. The van der Waals surface area contributed by atoms with Gasteiger partial charge in [-0.15, -0.1) is 0 Å². The van der Waals surface area contributed by atoms with Crippen LogP contribution >= 0.6 is 0 Å². The predicted octanol–water partition coefficient (Wildman–Crippen LogP) is 5.42. The lowest BCUT2D eigenvalue weighted by Crippen LogP contribution is -2.54. The third-order valence-electron chi connectivity index (χ3n) is 6.72. The maximum atomic E-state index is 13.6. The quantitative estimate of drug-likeness (QED) is 0.335. The van der Waals surface area contributed by atoms with Crippen molar-refractivity contribution in [2.24, 2.45) is 4.99 Å². The van der Waals surface area contributed by atoms with Gasteiger partial charge in [0.25, 0.3) is 0 Å². The minimum atomic E-state index is -4.69. The summed E-state index contributed by atoms with van der Waals surface area (Å²) in [5.41, 5.74) is 1.35. The number of carbonyl (C=O) groups is 1. The first-order chi connectivity index (χ1) is 19.1. The van der Waals surface area contributed by atoms with Crippen LogP contribution in [0.5, 0.6) is 0 Å². The Morgan fingerprint density at radius 3 is 2.50 bits per heavy atom. The molecule has 0 spiro atoms. The number of alkyl halides is 3. The number of amides is 1. The van der Waals surface area contributed by atoms with Crippen LogP contribution in [-0.4, -0.2) is 50.5 Å². The monoisotopic (exact) mass is 572 g/mol. The van der Waals surface area contributed by atoms with E-state index < -0.39 is 44.6 Å². The first-order valence-electron chi connectivity index (χ1n) is 12.9. The van der Waals surface area contributed by atoms with E-state index in [1.807, 2.05) is 54.6 Å². The molecule has 0 aliphatic carbocycles. The van der Waals surface area contributed by atoms with Crippen LogP contribution in [0.1, 0.15) is 30.4 Å². The molecular formula is C29H31F3N4O3S. The van der Waals surface area contributed by atoms with E-state index in [0.717, 1.165) is 33.8 Å². The fourth-order valence-electron chi connectivity index (χ4n) is 4.68. The molecule has 0 saturated carbocycles. The van der Waals surface area contributed by atoms with Crippen molar-refractivity contribution in [2.75, 3.05) is 18.9 Å². The Morgan fingerprint density at radius 2 is 1.77 bits per heavy atom. The first-order valence-corrected chi connectivity index (χ1v) is 14.4. The number of rotatable bonds is 9. The standard InChI is InChI=1S/C29H31F3N4O3S/c1-33-25-14-5-6-15-26(25)34-20-23(18-21-10-3-2-4-11-21)35-28(37)27-16-7-8-17-36(27)40(38,39)24-13-9-12-22(19-24)29(30,31)32/h2-6,9-15,19-20,23,27,33H,7-8,16-18H2,1H3,(H,35,37)/t23-,27-/m0/s1. The highest BCUT2D eigenvalue weighted by molar-refractivity contribution is 7.89. The Labute approximate surface area is 232 Å². The van der Waals surface area contributed by atoms with Gasteiger partial charge in [-0.05, 0) is 55.2 Å². The molecule has 1 amide bonds. The van der Waals surface area contributed by atoms with E-state index in [-0.39, 0.29) is 13.0 Å². The van der Waals surface area contributed by atoms with E-state index in [4.69, 9.17) is 0 Å². The van der Waals surface area contributed by atoms with Crippen molar-refractivity contribution >= 4 is 33.5 Å². The molecule has 0 bridgehead atoms. The van der Waals surface area contributed by atoms with Crippen molar-refractivity contribution in [3.8, 4) is 0 Å². The highest BCUT2D eigenvalue weighted by atomic mass is 32.2. The van der Waals surface area contributed by atoms with Gasteiger partial charge in [0.05, 0.1) is 27.9 Å². The van der Waals surface area contributed by atoms with Crippen LogP contribution < -0.4 is 10.6 Å². The van der Waals surface area contributed by atoms with Gasteiger partial charge in [-0.2, -0.15) is 17.5 Å². The second-order valence-electron chi connectivity index (χ2n) is 9.50. The second kappa shape index (κ2) is 12.6. The molecule has 1 aliphatic rings. The maximum absolute atomic E-state index is 13.6. The van der Waals surface area contributed by atoms with Crippen LogP contribution in [-0.2, 0) is 27.4 Å². The van der Waals surface area contributed by atoms with E-state index in [1.54, 1.807) is 13.3 Å². The molecular weight excluding hydrogens is 541 g/mol. The third kappa shape index (κ3) is 7.08. The molecule has 0 aromatic heterocycles. The summed E-state index contributed by atoms with van der Waals surface area (Å²) in [7, 11) is -2.59. The molecule has 4 rings (SSSR count). The molecule has 1 fully saturated rings. The fraction of sp³-hybridized carbons (Fsp3) is 0.310. The smallest absolute Gasteiger partial charge is 0.386 e. The van der Waals surface area contributed by atoms with Crippen LogP contribution in [0.25, 0.3) is 0 Å². The van der Waals surface area contributed by atoms with E-state index in [1.165, 1.54) is 0 Å². The molecule has 7 nitrogen and oxygen atoms in total. The molecule has 11 heteroatoms. The molecule has 1 heterocycles. The number of benzene rings is 3. The molecule has 0 unspecified atom stereocenters. The van der Waals surface area contributed by atoms with Crippen LogP contribution in [0.15, 0.2) is 88.8 Å². The van der Waals surface area contributed by atoms with Gasteiger partial charge < -0.3 is 10.6 Å². The van der Waals surface area contributed by atoms with Gasteiger partial charge in [0.2, 0.25) is 15.9 Å². The first kappa shape index (κ1) is 29.3. The predicted molar refractivity (Wildman–Crippen MR) is 149 cm³/mol. The lowest BCUT2D eigenvalue weighted by atomic mass is 10.0. The molecule has 212 valence electrons. The van der Waals surface area contributed by atoms with E-state index in [2.05, 4.69) is 15.6 Å². The average Bonchev–Trinajstić information content (AvgIpc) is 2.96. The van der Waals surface area contributed by atoms with Crippen LogP contribution in [0, 0.1) is 0 Å². The van der Waals surface area contributed by atoms with Crippen molar-refractivity contribution in [2.45, 2.75) is 48.8 Å². The summed E-state index contributed by atoms with van der Waals surface area (Å²) in [6.45, 7) is 0.0314. The molecule has 3 aromatic rings. The van der Waals surface area contributed by atoms with Gasteiger partial charge in [0.1, 0.15) is 6.04 Å². The zero-order valence-electron chi connectivity index (χ0n) is 21.9. The maximum Gasteiger partial charge on any atom is 0.416 e. The summed E-state index contributed by atoms with van der Waals surface area (Å²) in [5, 5.41) is 6.01. The van der Waals surface area contributed by atoms with Gasteiger partial charge in [0, 0.05) is 19.8 Å². The molecule has 3 aromatic carbocycles. The van der Waals surface area contributed by atoms with E-state index in [0.29, 0.717) is 31.0 Å². The van der Waals surface area contributed by atoms with Gasteiger partial charge in [-0.1, -0.05) is 55.0 Å². The highest BCUT2D eigenvalue weighted by Gasteiger charge is 2.39. The normalized spacial score (nSPS) is 17.4. The largest absolute Gasteiger partial charge is 0.416 e. The summed E-state index contributed by atoms with van der Waals surface area (Å²) in [4.78, 5) is 17.7. The number of hydrogen-bond donors (Lipinski definition) is 2. The Kier molecular flexibility index (Phi) is 9.26. The zero-order valence-corrected chi connectivity index (χ0v) is 22.8. The molecule has 2 N–H and O–H groups in total. The van der Waals surface area contributed by atoms with E-state index >= 15 is 0 Å². The van der Waals surface area contributed by atoms with Crippen molar-refractivity contribution in [3.63, 3.8) is 0 Å². The van der Waals surface area contributed by atoms with Crippen LogP contribution in [0.3, 0.4) is 0 Å². The lowest BCUT2D eigenvalue weighted by Gasteiger charge is -2.34. The number of carbonyl (C=O) groups excluding carboxylic acids is 1. The van der Waals surface area contributed by atoms with Gasteiger partial charge >= 0.3 is 6.18 Å². The summed E-state index contributed by atoms with van der Waals surface area (Å²) in [5.74, 6) is -0.524. The average molecular weight is 573 g/mol. The zero-order chi connectivity index (χ0) is 28.8. The van der Waals surface area contributed by atoms with Crippen molar-refractivity contribution in [1.29, 1.82) is 0 Å². The van der Waals surface area contributed by atoms with Crippen molar-refractivity contribution in [3.05, 3.63) is 90.0 Å². The molecule has 0 radical (unpaired) electrons. The molecule has 40 heavy (non-hydrogen) atoms. The number of piperidine rings is 1. The Bertz CT molecular complexity index is 1450. The molecule has 1 aliphatic heterocycles.